The fraction of sp³-hybridized carbons (Fsp3) is 0.680. The lowest BCUT2D eigenvalue weighted by Crippen LogP contribution is -2.57. The Hall–Kier alpha value is -2.12. The number of piperidine rings is 1. The summed E-state index contributed by atoms with van der Waals surface area (Å²) in [6.45, 7) is 13.4. The zero-order valence-corrected chi connectivity index (χ0v) is 20.4. The van der Waals surface area contributed by atoms with Gasteiger partial charge in [-0.05, 0) is 45.6 Å². The average Bonchev–Trinajstić information content (AvgIpc) is 2.81. The van der Waals surface area contributed by atoms with Crippen LogP contribution in [0.3, 0.4) is 0 Å². The Kier molecular flexibility index (Phi) is 8.93. The van der Waals surface area contributed by atoms with Crippen LogP contribution in [0, 0.1) is 0 Å². The Morgan fingerprint density at radius 1 is 1.00 bits per heavy atom. The predicted molar refractivity (Wildman–Crippen MR) is 132 cm³/mol. The molecule has 7 nitrogen and oxygen atoms in total. The van der Waals surface area contributed by atoms with Crippen molar-refractivity contribution >= 4 is 11.9 Å². The number of piperazine rings is 1. The van der Waals surface area contributed by atoms with Crippen LogP contribution in [0.25, 0.3) is 0 Å². The normalized spacial score (nSPS) is 19.7. The molecule has 1 atom stereocenters. The number of likely N-dealkylation sites (tertiary alicyclic amines) is 1. The van der Waals surface area contributed by atoms with Gasteiger partial charge in [0.1, 0.15) is 0 Å². The molecule has 1 unspecified atom stereocenters. The lowest BCUT2D eigenvalue weighted by molar-refractivity contribution is -0.133. The molecule has 2 aliphatic heterocycles. The number of guanidine groups is 1. The van der Waals surface area contributed by atoms with Crippen LogP contribution in [-0.4, -0.2) is 91.5 Å². The molecule has 0 aromatic heterocycles. The van der Waals surface area contributed by atoms with Gasteiger partial charge in [-0.2, -0.15) is 0 Å². The van der Waals surface area contributed by atoms with Crippen LogP contribution in [0.5, 0.6) is 0 Å². The molecule has 2 N–H and O–H groups in total. The van der Waals surface area contributed by atoms with Gasteiger partial charge in [0.2, 0.25) is 5.91 Å². The Labute approximate surface area is 194 Å². The van der Waals surface area contributed by atoms with Gasteiger partial charge in [-0.15, -0.1) is 0 Å². The standard InChI is InChI=1S/C25H42N6O/c1-21(22-11-7-5-8-12-22)28-25(2,3)20-27-24(26-4)31-17-15-29(16-18-31)19-23(32)30-13-9-6-10-14-30/h5,7-8,11-12,21,28H,6,9-10,13-20H2,1-4H3,(H,26,27). The number of hydrogen-bond acceptors (Lipinski definition) is 4. The molecule has 0 spiro atoms. The SMILES string of the molecule is CN=C(NCC(C)(C)NC(C)c1ccccc1)N1CCN(CC(=O)N2CCCCC2)CC1. The minimum atomic E-state index is -0.0894. The van der Waals surface area contributed by atoms with Crippen LogP contribution in [0.15, 0.2) is 35.3 Å². The van der Waals surface area contributed by atoms with E-state index in [4.69, 9.17) is 0 Å². The predicted octanol–water partition coefficient (Wildman–Crippen LogP) is 2.32. The summed E-state index contributed by atoms with van der Waals surface area (Å²) in [5.74, 6) is 1.23. The number of benzene rings is 1. The fourth-order valence-electron chi connectivity index (χ4n) is 4.65. The van der Waals surface area contributed by atoms with Crippen molar-refractivity contribution in [2.75, 3.05) is 59.4 Å². The Balaban J connectivity index is 1.42. The highest BCUT2D eigenvalue weighted by molar-refractivity contribution is 5.80. The molecule has 2 aliphatic rings. The molecular formula is C25H42N6O. The first kappa shape index (κ1) is 24.5. The van der Waals surface area contributed by atoms with E-state index < -0.39 is 0 Å². The molecule has 1 aromatic carbocycles. The Morgan fingerprint density at radius 2 is 1.66 bits per heavy atom. The molecule has 178 valence electrons. The molecule has 2 fully saturated rings. The third kappa shape index (κ3) is 7.20. The summed E-state index contributed by atoms with van der Waals surface area (Å²) in [7, 11) is 1.85. The van der Waals surface area contributed by atoms with E-state index >= 15 is 0 Å². The molecule has 0 radical (unpaired) electrons. The van der Waals surface area contributed by atoms with Crippen LogP contribution >= 0.6 is 0 Å². The van der Waals surface area contributed by atoms with Crippen molar-refractivity contribution in [1.82, 2.24) is 25.3 Å². The fourth-order valence-corrected chi connectivity index (χ4v) is 4.65. The van der Waals surface area contributed by atoms with Gasteiger partial charge in [0, 0.05) is 64.4 Å². The second-order valence-corrected chi connectivity index (χ2v) is 9.77. The minimum Gasteiger partial charge on any atom is -0.354 e. The van der Waals surface area contributed by atoms with E-state index in [1.54, 1.807) is 0 Å². The Bertz CT molecular complexity index is 736. The van der Waals surface area contributed by atoms with Crippen LogP contribution in [0.4, 0.5) is 0 Å². The van der Waals surface area contributed by atoms with Crippen molar-refractivity contribution < 1.29 is 4.79 Å². The molecule has 1 amide bonds. The van der Waals surface area contributed by atoms with Crippen molar-refractivity contribution in [3.05, 3.63) is 35.9 Å². The molecule has 1 aromatic rings. The van der Waals surface area contributed by atoms with E-state index in [2.05, 4.69) is 76.5 Å². The maximum atomic E-state index is 12.6. The van der Waals surface area contributed by atoms with Crippen molar-refractivity contribution in [2.45, 2.75) is 51.6 Å². The number of hydrogen-bond donors (Lipinski definition) is 2. The van der Waals surface area contributed by atoms with Gasteiger partial charge in [-0.3, -0.25) is 14.7 Å². The van der Waals surface area contributed by atoms with Crippen LogP contribution in [-0.2, 0) is 4.79 Å². The summed E-state index contributed by atoms with van der Waals surface area (Å²) < 4.78 is 0. The lowest BCUT2D eigenvalue weighted by atomic mass is 10.0. The molecule has 2 saturated heterocycles. The van der Waals surface area contributed by atoms with Crippen LogP contribution in [0.2, 0.25) is 0 Å². The van der Waals surface area contributed by atoms with E-state index in [1.165, 1.54) is 12.0 Å². The number of aliphatic imine (C=N–C) groups is 1. The molecule has 0 aliphatic carbocycles. The first-order chi connectivity index (χ1) is 15.4. The number of nitrogens with zero attached hydrogens (tertiary/aromatic N) is 4. The van der Waals surface area contributed by atoms with Gasteiger partial charge >= 0.3 is 0 Å². The highest BCUT2D eigenvalue weighted by Gasteiger charge is 2.26. The highest BCUT2D eigenvalue weighted by atomic mass is 16.2. The van der Waals surface area contributed by atoms with Gasteiger partial charge in [-0.25, -0.2) is 0 Å². The van der Waals surface area contributed by atoms with Crippen LogP contribution in [0.1, 0.15) is 51.6 Å². The molecule has 2 heterocycles. The summed E-state index contributed by atoms with van der Waals surface area (Å²) in [6, 6.07) is 10.8. The summed E-state index contributed by atoms with van der Waals surface area (Å²) in [4.78, 5) is 23.7. The third-order valence-electron chi connectivity index (χ3n) is 6.55. The van der Waals surface area contributed by atoms with Gasteiger partial charge in [0.15, 0.2) is 5.96 Å². The molecule has 7 heteroatoms. The zero-order chi connectivity index (χ0) is 23.0. The summed E-state index contributed by atoms with van der Waals surface area (Å²) in [5.41, 5.74) is 1.20. The lowest BCUT2D eigenvalue weighted by Gasteiger charge is -2.38. The third-order valence-corrected chi connectivity index (χ3v) is 6.55. The molecular weight excluding hydrogens is 400 g/mol. The maximum absolute atomic E-state index is 12.6. The van der Waals surface area contributed by atoms with Gasteiger partial charge < -0.3 is 20.4 Å². The number of carbonyl (C=O) groups excluding carboxylic acids is 1. The molecule has 3 rings (SSSR count). The van der Waals surface area contributed by atoms with Crippen LogP contribution < -0.4 is 10.6 Å². The maximum Gasteiger partial charge on any atom is 0.236 e. The summed E-state index contributed by atoms with van der Waals surface area (Å²) in [5, 5.41) is 7.29. The van der Waals surface area contributed by atoms with E-state index in [1.807, 2.05) is 11.9 Å². The van der Waals surface area contributed by atoms with Gasteiger partial charge in [0.05, 0.1) is 6.54 Å². The summed E-state index contributed by atoms with van der Waals surface area (Å²) >= 11 is 0. The zero-order valence-electron chi connectivity index (χ0n) is 20.4. The first-order valence-electron chi connectivity index (χ1n) is 12.2. The topological polar surface area (TPSA) is 63.2 Å². The average molecular weight is 443 g/mol. The van der Waals surface area contributed by atoms with Gasteiger partial charge in [-0.1, -0.05) is 30.3 Å². The van der Waals surface area contributed by atoms with Gasteiger partial charge in [0.25, 0.3) is 0 Å². The number of amides is 1. The minimum absolute atomic E-state index is 0.0894. The quantitative estimate of drug-likeness (QED) is 0.501. The monoisotopic (exact) mass is 442 g/mol. The molecule has 0 saturated carbocycles. The van der Waals surface area contributed by atoms with Crippen molar-refractivity contribution in [3.63, 3.8) is 0 Å². The summed E-state index contributed by atoms with van der Waals surface area (Å²) in [6.07, 6.45) is 3.56. The highest BCUT2D eigenvalue weighted by Crippen LogP contribution is 2.16. The first-order valence-corrected chi connectivity index (χ1v) is 12.2. The van der Waals surface area contributed by atoms with Crippen molar-refractivity contribution in [1.29, 1.82) is 0 Å². The van der Waals surface area contributed by atoms with E-state index in [0.717, 1.165) is 64.6 Å². The largest absolute Gasteiger partial charge is 0.354 e. The van der Waals surface area contributed by atoms with Crippen molar-refractivity contribution in [3.8, 4) is 0 Å². The van der Waals surface area contributed by atoms with E-state index in [9.17, 15) is 4.79 Å². The number of nitrogens with one attached hydrogen (secondary N) is 2. The molecule has 0 bridgehead atoms. The van der Waals surface area contributed by atoms with E-state index in [-0.39, 0.29) is 11.6 Å². The van der Waals surface area contributed by atoms with Crippen molar-refractivity contribution in [2.24, 2.45) is 4.99 Å². The second-order valence-electron chi connectivity index (χ2n) is 9.77. The second kappa shape index (κ2) is 11.7. The smallest absolute Gasteiger partial charge is 0.236 e. The number of rotatable bonds is 7. The molecule has 32 heavy (non-hydrogen) atoms. The number of carbonyl (C=O) groups is 1. The Morgan fingerprint density at radius 3 is 2.28 bits per heavy atom. The van der Waals surface area contributed by atoms with E-state index in [0.29, 0.717) is 12.5 Å².